The average Bonchev–Trinajstić information content (AvgIpc) is 2.83. The zero-order chi connectivity index (χ0) is 21.8. The Bertz CT molecular complexity index is 1290. The molecule has 0 aliphatic carbocycles. The number of methoxy groups -OCH3 is 2. The Kier molecular flexibility index (Phi) is 5.85. The molecule has 4 rings (SSSR count). The van der Waals surface area contributed by atoms with Crippen LogP contribution in [0.3, 0.4) is 0 Å². The molecule has 0 N–H and O–H groups in total. The number of nitrogens with zero attached hydrogens (tertiary/aromatic N) is 1. The largest absolute Gasteiger partial charge is 0.497 e. The molecule has 0 aliphatic rings. The van der Waals surface area contributed by atoms with Gasteiger partial charge in [0, 0.05) is 17.0 Å². The van der Waals surface area contributed by atoms with Crippen molar-refractivity contribution in [3.05, 3.63) is 89.3 Å². The molecule has 0 saturated heterocycles. The lowest BCUT2D eigenvalue weighted by Crippen LogP contribution is -2.04. The fourth-order valence-electron chi connectivity index (χ4n) is 3.36. The van der Waals surface area contributed by atoms with E-state index < -0.39 is 0 Å². The first-order valence-electron chi connectivity index (χ1n) is 10.1. The van der Waals surface area contributed by atoms with E-state index in [1.807, 2.05) is 36.4 Å². The van der Waals surface area contributed by atoms with E-state index in [1.165, 1.54) is 12.7 Å². The summed E-state index contributed by atoms with van der Waals surface area (Å²) < 4.78 is 16.2. The van der Waals surface area contributed by atoms with Crippen LogP contribution in [-0.4, -0.2) is 20.2 Å². The summed E-state index contributed by atoms with van der Waals surface area (Å²) in [6.45, 7) is 2.12. The Morgan fingerprint density at radius 2 is 1.68 bits per heavy atom. The van der Waals surface area contributed by atoms with Gasteiger partial charge in [0.2, 0.25) is 0 Å². The molecule has 0 spiro atoms. The molecule has 3 aromatic carbocycles. The van der Waals surface area contributed by atoms with Crippen molar-refractivity contribution in [2.75, 3.05) is 14.2 Å². The van der Waals surface area contributed by atoms with E-state index in [0.29, 0.717) is 11.3 Å². The number of aryl methyl sites for hydroxylation is 1. The summed E-state index contributed by atoms with van der Waals surface area (Å²) in [5, 5.41) is 1.74. The quantitative estimate of drug-likeness (QED) is 0.394. The van der Waals surface area contributed by atoms with Crippen molar-refractivity contribution in [3.8, 4) is 17.1 Å². The lowest BCUT2D eigenvalue weighted by atomic mass is 10.1. The molecule has 0 unspecified atom stereocenters. The fourth-order valence-corrected chi connectivity index (χ4v) is 3.36. The van der Waals surface area contributed by atoms with Gasteiger partial charge in [0.05, 0.1) is 30.8 Å². The second-order valence-electron chi connectivity index (χ2n) is 7.06. The molecule has 1 heterocycles. The monoisotopic (exact) mass is 413 g/mol. The smallest absolute Gasteiger partial charge is 0.337 e. The van der Waals surface area contributed by atoms with E-state index in [2.05, 4.69) is 19.1 Å². The van der Waals surface area contributed by atoms with Gasteiger partial charge in [-0.2, -0.15) is 0 Å². The number of hydrogen-bond acceptors (Lipinski definition) is 5. The van der Waals surface area contributed by atoms with Crippen molar-refractivity contribution in [1.29, 1.82) is 0 Å². The Morgan fingerprint density at radius 3 is 2.32 bits per heavy atom. The minimum atomic E-state index is -0.370. The van der Waals surface area contributed by atoms with Crippen LogP contribution in [0.1, 0.15) is 22.8 Å². The Labute approximate surface area is 180 Å². The maximum atomic E-state index is 11.7. The summed E-state index contributed by atoms with van der Waals surface area (Å²) in [6.07, 6.45) is 0.920. The molecular formula is C26H23NO4. The van der Waals surface area contributed by atoms with E-state index in [-0.39, 0.29) is 5.97 Å². The third kappa shape index (κ3) is 4.36. The molecule has 0 fully saturated rings. The Morgan fingerprint density at radius 1 is 0.935 bits per heavy atom. The van der Waals surface area contributed by atoms with Crippen LogP contribution in [0.4, 0.5) is 5.69 Å². The summed E-state index contributed by atoms with van der Waals surface area (Å²) in [6, 6.07) is 22.9. The second kappa shape index (κ2) is 8.88. The Balaban J connectivity index is 1.88. The SMILES string of the molecule is CCc1ccc2oc(-c3ccc(OC)cc3)cc(=Nc3ccc(C(=O)OC)cc3)c2c1. The van der Waals surface area contributed by atoms with Crippen LogP contribution in [-0.2, 0) is 11.2 Å². The van der Waals surface area contributed by atoms with E-state index in [4.69, 9.17) is 18.9 Å². The van der Waals surface area contributed by atoms with Crippen molar-refractivity contribution < 1.29 is 18.7 Å². The highest BCUT2D eigenvalue weighted by Crippen LogP contribution is 2.25. The average molecular weight is 413 g/mol. The van der Waals surface area contributed by atoms with Gasteiger partial charge in [-0.25, -0.2) is 9.79 Å². The third-order valence-corrected chi connectivity index (χ3v) is 5.13. The number of hydrogen-bond donors (Lipinski definition) is 0. The van der Waals surface area contributed by atoms with Gasteiger partial charge in [0.25, 0.3) is 0 Å². The molecule has 4 aromatic rings. The number of carbonyl (C=O) groups excluding carboxylic acids is 1. The van der Waals surface area contributed by atoms with Gasteiger partial charge in [0.1, 0.15) is 17.1 Å². The van der Waals surface area contributed by atoms with Gasteiger partial charge in [-0.05, 0) is 72.6 Å². The number of ether oxygens (including phenoxy) is 2. The van der Waals surface area contributed by atoms with Crippen LogP contribution in [0.5, 0.6) is 5.75 Å². The molecule has 5 heteroatoms. The molecule has 0 saturated carbocycles. The van der Waals surface area contributed by atoms with Crippen molar-refractivity contribution in [2.24, 2.45) is 4.99 Å². The highest BCUT2D eigenvalue weighted by molar-refractivity contribution is 5.89. The molecule has 5 nitrogen and oxygen atoms in total. The zero-order valence-electron chi connectivity index (χ0n) is 17.7. The fraction of sp³-hybridized carbons (Fsp3) is 0.154. The van der Waals surface area contributed by atoms with Gasteiger partial charge in [0.15, 0.2) is 0 Å². The molecule has 0 aliphatic heterocycles. The highest BCUT2D eigenvalue weighted by Gasteiger charge is 2.08. The van der Waals surface area contributed by atoms with Gasteiger partial charge >= 0.3 is 5.97 Å². The predicted octanol–water partition coefficient (Wildman–Crippen LogP) is 5.69. The van der Waals surface area contributed by atoms with Crippen molar-refractivity contribution in [3.63, 3.8) is 0 Å². The molecule has 0 radical (unpaired) electrons. The molecule has 0 amide bonds. The van der Waals surface area contributed by atoms with Gasteiger partial charge in [-0.15, -0.1) is 0 Å². The lowest BCUT2D eigenvalue weighted by Gasteiger charge is -2.07. The second-order valence-corrected chi connectivity index (χ2v) is 7.06. The maximum Gasteiger partial charge on any atom is 0.337 e. The van der Waals surface area contributed by atoms with Crippen LogP contribution >= 0.6 is 0 Å². The maximum absolute atomic E-state index is 11.7. The third-order valence-electron chi connectivity index (χ3n) is 5.13. The normalized spacial score (nSPS) is 11.5. The van der Waals surface area contributed by atoms with E-state index in [0.717, 1.165) is 39.7 Å². The molecule has 1 aromatic heterocycles. The molecule has 156 valence electrons. The van der Waals surface area contributed by atoms with Gasteiger partial charge < -0.3 is 13.9 Å². The minimum Gasteiger partial charge on any atom is -0.497 e. The number of carbonyl (C=O) groups is 1. The first-order valence-corrected chi connectivity index (χ1v) is 10.1. The summed E-state index contributed by atoms with van der Waals surface area (Å²) in [5.74, 6) is 1.13. The van der Waals surface area contributed by atoms with E-state index in [1.54, 1.807) is 31.4 Å². The van der Waals surface area contributed by atoms with Crippen LogP contribution in [0.25, 0.3) is 22.3 Å². The standard InChI is InChI=1S/C26H23NO4/c1-4-17-5-14-24-22(15-17)23(27-20-10-6-19(7-11-20)26(28)30-3)16-25(31-24)18-8-12-21(29-2)13-9-18/h5-16H,4H2,1-3H3. The summed E-state index contributed by atoms with van der Waals surface area (Å²) in [4.78, 5) is 16.6. The van der Waals surface area contributed by atoms with Crippen LogP contribution < -0.4 is 10.1 Å². The first kappa shape index (κ1) is 20.4. The molecular weight excluding hydrogens is 390 g/mol. The lowest BCUT2D eigenvalue weighted by molar-refractivity contribution is 0.0601. The summed E-state index contributed by atoms with van der Waals surface area (Å²) >= 11 is 0. The number of benzene rings is 3. The number of fused-ring (bicyclic) bond motifs is 1. The van der Waals surface area contributed by atoms with Crippen molar-refractivity contribution >= 4 is 22.6 Å². The molecule has 31 heavy (non-hydrogen) atoms. The van der Waals surface area contributed by atoms with Crippen LogP contribution in [0.15, 0.2) is 82.2 Å². The van der Waals surface area contributed by atoms with Crippen molar-refractivity contribution in [2.45, 2.75) is 13.3 Å². The molecule has 0 bridgehead atoms. The Hall–Kier alpha value is -3.86. The molecule has 0 atom stereocenters. The predicted molar refractivity (Wildman–Crippen MR) is 121 cm³/mol. The minimum absolute atomic E-state index is 0.370. The van der Waals surface area contributed by atoms with Gasteiger partial charge in [-0.3, -0.25) is 0 Å². The van der Waals surface area contributed by atoms with Crippen LogP contribution in [0.2, 0.25) is 0 Å². The van der Waals surface area contributed by atoms with Crippen molar-refractivity contribution in [1.82, 2.24) is 0 Å². The van der Waals surface area contributed by atoms with Gasteiger partial charge in [-0.1, -0.05) is 13.0 Å². The summed E-state index contributed by atoms with van der Waals surface area (Å²) in [5.41, 5.74) is 4.12. The zero-order valence-corrected chi connectivity index (χ0v) is 17.7. The number of rotatable bonds is 5. The van der Waals surface area contributed by atoms with Crippen LogP contribution in [0, 0.1) is 0 Å². The highest BCUT2D eigenvalue weighted by atomic mass is 16.5. The number of esters is 1. The van der Waals surface area contributed by atoms with E-state index in [9.17, 15) is 4.79 Å². The summed E-state index contributed by atoms with van der Waals surface area (Å²) in [7, 11) is 3.01. The first-order chi connectivity index (χ1) is 15.1. The van der Waals surface area contributed by atoms with E-state index >= 15 is 0 Å². The topological polar surface area (TPSA) is 61.0 Å².